The van der Waals surface area contributed by atoms with Crippen molar-refractivity contribution in [2.75, 3.05) is 5.73 Å². The molecule has 3 heterocycles. The molecule has 0 atom stereocenters. The minimum Gasteiger partial charge on any atom is -0.368 e. The largest absolute Gasteiger partial charge is 0.416 e. The van der Waals surface area contributed by atoms with Crippen molar-refractivity contribution in [1.29, 1.82) is 0 Å². The average Bonchev–Trinajstić information content (AvgIpc) is 3.23. The third kappa shape index (κ3) is 2.78. The number of halogens is 3. The lowest BCUT2D eigenvalue weighted by Crippen LogP contribution is -2.10. The van der Waals surface area contributed by atoms with Gasteiger partial charge in [0, 0.05) is 18.3 Å². The van der Waals surface area contributed by atoms with E-state index in [9.17, 15) is 13.2 Å². The molecule has 138 valence electrons. The van der Waals surface area contributed by atoms with Gasteiger partial charge in [-0.1, -0.05) is 12.1 Å². The van der Waals surface area contributed by atoms with Gasteiger partial charge in [0.15, 0.2) is 0 Å². The summed E-state index contributed by atoms with van der Waals surface area (Å²) in [7, 11) is 0. The number of nitrogen functional groups attached to an aromatic ring is 1. The fourth-order valence-electron chi connectivity index (χ4n) is 3.02. The smallest absolute Gasteiger partial charge is 0.368 e. The molecule has 0 fully saturated rings. The topological polar surface area (TPSA) is 87.4 Å². The van der Waals surface area contributed by atoms with Gasteiger partial charge in [0.05, 0.1) is 17.3 Å². The molecular weight excluding hydrogens is 359 g/mol. The number of alkyl halides is 3. The monoisotopic (exact) mass is 373 g/mol. The van der Waals surface area contributed by atoms with Crippen molar-refractivity contribution in [2.24, 2.45) is 0 Å². The number of aryl methyl sites for hydroxylation is 1. The lowest BCUT2D eigenvalue weighted by atomic mass is 10.0. The first kappa shape index (κ1) is 17.0. The molecule has 27 heavy (non-hydrogen) atoms. The van der Waals surface area contributed by atoms with Crippen molar-refractivity contribution in [1.82, 2.24) is 29.3 Å². The molecular formula is C17H14F3N7. The van der Waals surface area contributed by atoms with Gasteiger partial charge >= 0.3 is 6.18 Å². The number of fused-ring (bicyclic) bond motifs is 1. The van der Waals surface area contributed by atoms with E-state index in [1.807, 2.05) is 11.5 Å². The molecule has 0 unspecified atom stereocenters. The van der Waals surface area contributed by atoms with E-state index in [1.165, 1.54) is 23.3 Å². The Hall–Kier alpha value is -3.43. The SMILES string of the molecule is CCn1c(-n2ncnc2N)nc2cncc(-c3cccc(C(F)(F)F)c3)c21. The quantitative estimate of drug-likeness (QED) is 0.595. The van der Waals surface area contributed by atoms with Crippen molar-refractivity contribution in [3.05, 3.63) is 48.5 Å². The van der Waals surface area contributed by atoms with Gasteiger partial charge in [0.2, 0.25) is 11.9 Å². The first-order valence-electron chi connectivity index (χ1n) is 8.08. The maximum atomic E-state index is 13.1. The third-order valence-electron chi connectivity index (χ3n) is 4.21. The Labute approximate surface area is 151 Å². The molecule has 0 aliphatic rings. The molecule has 0 radical (unpaired) electrons. The molecule has 1 aromatic carbocycles. The number of benzene rings is 1. The van der Waals surface area contributed by atoms with E-state index < -0.39 is 11.7 Å². The minimum atomic E-state index is -4.43. The Balaban J connectivity index is 1.98. The van der Waals surface area contributed by atoms with Gasteiger partial charge in [0.1, 0.15) is 11.8 Å². The highest BCUT2D eigenvalue weighted by molar-refractivity contribution is 5.92. The van der Waals surface area contributed by atoms with Crippen LogP contribution in [0.5, 0.6) is 0 Å². The summed E-state index contributed by atoms with van der Waals surface area (Å²) in [6.07, 6.45) is -0.0430. The number of aromatic nitrogens is 6. The van der Waals surface area contributed by atoms with Gasteiger partial charge in [-0.2, -0.15) is 27.9 Å². The van der Waals surface area contributed by atoms with Crippen molar-refractivity contribution in [3.63, 3.8) is 0 Å². The summed E-state index contributed by atoms with van der Waals surface area (Å²) in [6.45, 7) is 2.40. The van der Waals surface area contributed by atoms with Crippen LogP contribution in [0.15, 0.2) is 43.0 Å². The van der Waals surface area contributed by atoms with Crippen molar-refractivity contribution in [3.8, 4) is 17.1 Å². The second-order valence-corrected chi connectivity index (χ2v) is 5.82. The van der Waals surface area contributed by atoms with E-state index in [2.05, 4.69) is 20.1 Å². The summed E-state index contributed by atoms with van der Waals surface area (Å²) in [5, 5.41) is 4.07. The molecule has 0 saturated carbocycles. The van der Waals surface area contributed by atoms with E-state index in [0.29, 0.717) is 34.7 Å². The second-order valence-electron chi connectivity index (χ2n) is 5.82. The maximum absolute atomic E-state index is 13.1. The van der Waals surface area contributed by atoms with Gasteiger partial charge in [0.25, 0.3) is 0 Å². The lowest BCUT2D eigenvalue weighted by molar-refractivity contribution is -0.137. The van der Waals surface area contributed by atoms with E-state index in [1.54, 1.807) is 12.3 Å². The van der Waals surface area contributed by atoms with E-state index >= 15 is 0 Å². The van der Waals surface area contributed by atoms with Gasteiger partial charge in [-0.05, 0) is 24.6 Å². The number of rotatable bonds is 3. The van der Waals surface area contributed by atoms with Gasteiger partial charge in [-0.25, -0.2) is 4.98 Å². The Morgan fingerprint density at radius 1 is 1.19 bits per heavy atom. The molecule has 10 heteroatoms. The normalized spacial score (nSPS) is 12.0. The molecule has 2 N–H and O–H groups in total. The maximum Gasteiger partial charge on any atom is 0.416 e. The highest BCUT2D eigenvalue weighted by Crippen LogP contribution is 2.35. The Kier molecular flexibility index (Phi) is 3.83. The van der Waals surface area contributed by atoms with E-state index in [0.717, 1.165) is 12.1 Å². The molecule has 0 spiro atoms. The summed E-state index contributed by atoms with van der Waals surface area (Å²) in [5.41, 5.74) is 7.22. The van der Waals surface area contributed by atoms with Crippen molar-refractivity contribution < 1.29 is 13.2 Å². The predicted octanol–water partition coefficient (Wildman–Crippen LogP) is 3.30. The van der Waals surface area contributed by atoms with E-state index in [-0.39, 0.29) is 5.95 Å². The first-order valence-corrected chi connectivity index (χ1v) is 8.08. The number of anilines is 1. The fraction of sp³-hybridized carbons (Fsp3) is 0.176. The fourth-order valence-corrected chi connectivity index (χ4v) is 3.02. The number of pyridine rings is 1. The average molecular weight is 373 g/mol. The molecule has 0 amide bonds. The van der Waals surface area contributed by atoms with E-state index in [4.69, 9.17) is 5.73 Å². The van der Waals surface area contributed by atoms with Crippen LogP contribution in [0, 0.1) is 0 Å². The summed E-state index contributed by atoms with van der Waals surface area (Å²) in [4.78, 5) is 12.5. The Morgan fingerprint density at radius 3 is 2.67 bits per heavy atom. The third-order valence-corrected chi connectivity index (χ3v) is 4.21. The number of hydrogen-bond acceptors (Lipinski definition) is 5. The van der Waals surface area contributed by atoms with Crippen LogP contribution in [0.2, 0.25) is 0 Å². The predicted molar refractivity (Wildman–Crippen MR) is 93.0 cm³/mol. The summed E-state index contributed by atoms with van der Waals surface area (Å²) in [5.74, 6) is 0.581. The molecule has 4 aromatic rings. The summed E-state index contributed by atoms with van der Waals surface area (Å²) < 4.78 is 42.5. The molecule has 0 aliphatic heterocycles. The van der Waals surface area contributed by atoms with Gasteiger partial charge in [-0.15, -0.1) is 0 Å². The highest BCUT2D eigenvalue weighted by Gasteiger charge is 2.30. The Morgan fingerprint density at radius 2 is 2.00 bits per heavy atom. The van der Waals surface area contributed by atoms with Crippen LogP contribution in [0.25, 0.3) is 28.1 Å². The van der Waals surface area contributed by atoms with Crippen molar-refractivity contribution >= 4 is 17.0 Å². The minimum absolute atomic E-state index is 0.161. The standard InChI is InChI=1S/C17H14F3N7/c1-2-26-14-12(10-4-3-5-11(6-10)17(18,19)20)7-22-8-13(14)25-16(26)27-15(21)23-9-24-27/h3-9H,2H2,1H3,(H2,21,23,24). The number of imidazole rings is 1. The zero-order valence-corrected chi connectivity index (χ0v) is 14.1. The second kappa shape index (κ2) is 6.08. The van der Waals surface area contributed by atoms with Crippen LogP contribution in [-0.4, -0.2) is 29.3 Å². The lowest BCUT2D eigenvalue weighted by Gasteiger charge is -2.11. The van der Waals surface area contributed by atoms with Crippen molar-refractivity contribution in [2.45, 2.75) is 19.6 Å². The zero-order chi connectivity index (χ0) is 19.2. The molecule has 7 nitrogen and oxygen atoms in total. The summed E-state index contributed by atoms with van der Waals surface area (Å²) in [6, 6.07) is 5.13. The van der Waals surface area contributed by atoms with Crippen LogP contribution >= 0.6 is 0 Å². The zero-order valence-electron chi connectivity index (χ0n) is 14.1. The van der Waals surface area contributed by atoms with Crippen LogP contribution in [0.1, 0.15) is 12.5 Å². The molecule has 3 aromatic heterocycles. The first-order chi connectivity index (χ1) is 12.9. The molecule has 0 saturated heterocycles. The summed E-state index contributed by atoms with van der Waals surface area (Å²) >= 11 is 0. The van der Waals surface area contributed by atoms with Crippen LogP contribution in [0.4, 0.5) is 19.1 Å². The van der Waals surface area contributed by atoms with Gasteiger partial charge in [-0.3, -0.25) is 4.98 Å². The number of hydrogen-bond donors (Lipinski definition) is 1. The highest BCUT2D eigenvalue weighted by atomic mass is 19.4. The number of nitrogens with two attached hydrogens (primary N) is 1. The molecule has 0 aliphatic carbocycles. The molecule has 4 rings (SSSR count). The van der Waals surface area contributed by atoms with Gasteiger partial charge < -0.3 is 10.3 Å². The Bertz CT molecular complexity index is 1130. The number of nitrogens with zero attached hydrogens (tertiary/aromatic N) is 6. The van der Waals surface area contributed by atoms with Crippen LogP contribution in [0.3, 0.4) is 0 Å². The molecule has 0 bridgehead atoms. The van der Waals surface area contributed by atoms with Crippen LogP contribution in [-0.2, 0) is 12.7 Å². The van der Waals surface area contributed by atoms with Crippen LogP contribution < -0.4 is 5.73 Å².